The van der Waals surface area contributed by atoms with Gasteiger partial charge in [-0.15, -0.1) is 0 Å². The van der Waals surface area contributed by atoms with E-state index in [2.05, 4.69) is 5.32 Å². The van der Waals surface area contributed by atoms with Gasteiger partial charge in [-0.2, -0.15) is 11.8 Å². The number of rotatable bonds is 8. The summed E-state index contributed by atoms with van der Waals surface area (Å²) in [5.74, 6) is 0.804. The van der Waals surface area contributed by atoms with Crippen molar-refractivity contribution in [2.24, 2.45) is 7.05 Å². The molecule has 0 saturated heterocycles. The Balaban J connectivity index is 2.08. The van der Waals surface area contributed by atoms with Crippen molar-refractivity contribution in [3.63, 3.8) is 0 Å². The minimum absolute atomic E-state index is 0.385. The number of hydrogen-bond donors (Lipinski definition) is 1. The summed E-state index contributed by atoms with van der Waals surface area (Å²) in [6.07, 6.45) is 6.14. The molecular formula is C13H23N3O2S2. The van der Waals surface area contributed by atoms with Crippen molar-refractivity contribution in [2.45, 2.75) is 30.3 Å². The summed E-state index contributed by atoms with van der Waals surface area (Å²) in [6, 6.07) is 2.40. The molecule has 1 fully saturated rings. The van der Waals surface area contributed by atoms with Crippen LogP contribution in [0.1, 0.15) is 18.5 Å². The lowest BCUT2D eigenvalue weighted by Gasteiger charge is -2.15. The summed E-state index contributed by atoms with van der Waals surface area (Å²) in [5.41, 5.74) is 1.01. The fourth-order valence-corrected chi connectivity index (χ4v) is 3.79. The third-order valence-electron chi connectivity index (χ3n) is 3.55. The minimum Gasteiger partial charge on any atom is -0.352 e. The van der Waals surface area contributed by atoms with Gasteiger partial charge in [0, 0.05) is 50.9 Å². The van der Waals surface area contributed by atoms with Gasteiger partial charge in [0.05, 0.1) is 0 Å². The van der Waals surface area contributed by atoms with Crippen LogP contribution in [-0.2, 0) is 23.6 Å². The Morgan fingerprint density at radius 3 is 2.80 bits per heavy atom. The van der Waals surface area contributed by atoms with Crippen LogP contribution >= 0.6 is 11.8 Å². The van der Waals surface area contributed by atoms with Crippen molar-refractivity contribution < 1.29 is 8.42 Å². The van der Waals surface area contributed by atoms with E-state index in [1.165, 1.54) is 17.1 Å². The molecule has 20 heavy (non-hydrogen) atoms. The molecule has 1 N–H and O–H groups in total. The van der Waals surface area contributed by atoms with Crippen LogP contribution in [-0.4, -0.2) is 48.9 Å². The maximum atomic E-state index is 12.4. The van der Waals surface area contributed by atoms with Crippen LogP contribution in [0.3, 0.4) is 0 Å². The van der Waals surface area contributed by atoms with Crippen LogP contribution in [0, 0.1) is 0 Å². The summed E-state index contributed by atoms with van der Waals surface area (Å²) in [7, 11) is 0.169. The average molecular weight is 317 g/mol. The first-order valence-electron chi connectivity index (χ1n) is 6.79. The van der Waals surface area contributed by atoms with Gasteiger partial charge in [-0.1, -0.05) is 0 Å². The summed E-state index contributed by atoms with van der Waals surface area (Å²) in [5, 5.41) is 3.41. The molecule has 7 heteroatoms. The predicted octanol–water partition coefficient (Wildman–Crippen LogP) is 1.26. The van der Waals surface area contributed by atoms with Crippen molar-refractivity contribution in [1.29, 1.82) is 0 Å². The van der Waals surface area contributed by atoms with Crippen LogP contribution in [0.15, 0.2) is 17.2 Å². The Labute approximate surface area is 125 Å². The molecule has 0 spiro atoms. The quantitative estimate of drug-likeness (QED) is 0.784. The number of nitrogens with one attached hydrogen (secondary N) is 1. The molecule has 0 unspecified atom stereocenters. The van der Waals surface area contributed by atoms with E-state index in [4.69, 9.17) is 0 Å². The van der Waals surface area contributed by atoms with Crippen molar-refractivity contribution in [3.05, 3.63) is 18.0 Å². The monoisotopic (exact) mass is 317 g/mol. The molecule has 114 valence electrons. The summed E-state index contributed by atoms with van der Waals surface area (Å²) in [6.45, 7) is 1.26. The van der Waals surface area contributed by atoms with Gasteiger partial charge in [0.1, 0.15) is 4.90 Å². The van der Waals surface area contributed by atoms with Gasteiger partial charge in [-0.25, -0.2) is 12.7 Å². The molecule has 1 aromatic rings. The second kappa shape index (κ2) is 6.51. The standard InChI is InChI=1S/C13H23N3O2S2/c1-15-10-13(8-12(15)9-14-11-4-5-11)20(17,18)16(2)6-7-19-3/h8,10-11,14H,4-7,9H2,1-3H3. The Hall–Kier alpha value is -0.500. The van der Waals surface area contributed by atoms with Crippen molar-refractivity contribution >= 4 is 21.8 Å². The van der Waals surface area contributed by atoms with Gasteiger partial charge in [0.25, 0.3) is 0 Å². The van der Waals surface area contributed by atoms with Gasteiger partial charge >= 0.3 is 0 Å². The van der Waals surface area contributed by atoms with E-state index < -0.39 is 10.0 Å². The van der Waals surface area contributed by atoms with E-state index >= 15 is 0 Å². The van der Waals surface area contributed by atoms with Crippen LogP contribution in [0.4, 0.5) is 0 Å². The van der Waals surface area contributed by atoms with Crippen LogP contribution in [0.5, 0.6) is 0 Å². The second-order valence-corrected chi connectivity index (χ2v) is 8.28. The Morgan fingerprint density at radius 1 is 1.50 bits per heavy atom. The third-order valence-corrected chi connectivity index (χ3v) is 5.96. The molecule has 0 atom stereocenters. The first-order valence-corrected chi connectivity index (χ1v) is 9.62. The number of aryl methyl sites for hydroxylation is 1. The molecule has 1 saturated carbocycles. The predicted molar refractivity (Wildman–Crippen MR) is 83.5 cm³/mol. The molecule has 0 aliphatic heterocycles. The van der Waals surface area contributed by atoms with E-state index in [1.807, 2.05) is 17.9 Å². The molecule has 1 aliphatic carbocycles. The molecule has 1 heterocycles. The number of nitrogens with zero attached hydrogens (tertiary/aromatic N) is 2. The van der Waals surface area contributed by atoms with Gasteiger partial charge in [-0.05, 0) is 25.2 Å². The van der Waals surface area contributed by atoms with E-state index in [9.17, 15) is 8.42 Å². The van der Waals surface area contributed by atoms with Crippen LogP contribution < -0.4 is 5.32 Å². The van der Waals surface area contributed by atoms with Crippen molar-refractivity contribution in [3.8, 4) is 0 Å². The Bertz CT molecular complexity index is 550. The van der Waals surface area contributed by atoms with E-state index in [1.54, 1.807) is 31.1 Å². The number of hydrogen-bond acceptors (Lipinski definition) is 4. The maximum absolute atomic E-state index is 12.4. The number of sulfonamides is 1. The number of aromatic nitrogens is 1. The Morgan fingerprint density at radius 2 is 2.20 bits per heavy atom. The fraction of sp³-hybridized carbons (Fsp3) is 0.692. The zero-order valence-electron chi connectivity index (χ0n) is 12.3. The lowest BCUT2D eigenvalue weighted by molar-refractivity contribution is 0.488. The summed E-state index contributed by atoms with van der Waals surface area (Å²) >= 11 is 1.65. The van der Waals surface area contributed by atoms with E-state index in [-0.39, 0.29) is 0 Å². The molecule has 0 aromatic carbocycles. The fourth-order valence-electron chi connectivity index (χ4n) is 1.95. The highest BCUT2D eigenvalue weighted by molar-refractivity contribution is 7.98. The molecule has 5 nitrogen and oxygen atoms in total. The van der Waals surface area contributed by atoms with Crippen molar-refractivity contribution in [1.82, 2.24) is 14.2 Å². The Kier molecular flexibility index (Phi) is 5.17. The summed E-state index contributed by atoms with van der Waals surface area (Å²) in [4.78, 5) is 0.385. The van der Waals surface area contributed by atoms with Gasteiger partial charge < -0.3 is 9.88 Å². The molecule has 1 aliphatic rings. The van der Waals surface area contributed by atoms with E-state index in [0.29, 0.717) is 17.5 Å². The number of thioether (sulfide) groups is 1. The highest BCUT2D eigenvalue weighted by Gasteiger charge is 2.24. The maximum Gasteiger partial charge on any atom is 0.244 e. The van der Waals surface area contributed by atoms with Crippen LogP contribution in [0.25, 0.3) is 0 Å². The van der Waals surface area contributed by atoms with Crippen LogP contribution in [0.2, 0.25) is 0 Å². The molecule has 0 amide bonds. The lowest BCUT2D eigenvalue weighted by Crippen LogP contribution is -2.28. The topological polar surface area (TPSA) is 54.3 Å². The second-order valence-electron chi connectivity index (χ2n) is 5.25. The van der Waals surface area contributed by atoms with Crippen molar-refractivity contribution in [2.75, 3.05) is 25.6 Å². The first kappa shape index (κ1) is 15.9. The minimum atomic E-state index is -3.36. The zero-order chi connectivity index (χ0) is 14.8. The summed E-state index contributed by atoms with van der Waals surface area (Å²) < 4.78 is 28.2. The average Bonchev–Trinajstić information content (AvgIpc) is 3.16. The SMILES string of the molecule is CSCCN(C)S(=O)(=O)c1cc(CNC2CC2)n(C)c1. The van der Waals surface area contributed by atoms with Gasteiger partial charge in [-0.3, -0.25) is 0 Å². The molecule has 2 rings (SSSR count). The molecule has 1 aromatic heterocycles. The van der Waals surface area contributed by atoms with E-state index in [0.717, 1.165) is 18.0 Å². The highest BCUT2D eigenvalue weighted by atomic mass is 32.2. The van der Waals surface area contributed by atoms with Gasteiger partial charge in [0.2, 0.25) is 10.0 Å². The van der Waals surface area contributed by atoms with Gasteiger partial charge in [0.15, 0.2) is 0 Å². The molecular weight excluding hydrogens is 294 g/mol. The smallest absolute Gasteiger partial charge is 0.244 e. The highest BCUT2D eigenvalue weighted by Crippen LogP contribution is 2.21. The zero-order valence-corrected chi connectivity index (χ0v) is 13.9. The molecule has 0 bridgehead atoms. The largest absolute Gasteiger partial charge is 0.352 e. The molecule has 0 radical (unpaired) electrons. The lowest BCUT2D eigenvalue weighted by atomic mass is 10.4. The normalized spacial score (nSPS) is 16.0. The first-order chi connectivity index (χ1) is 9.45. The third kappa shape index (κ3) is 3.78.